The fraction of sp³-hybridized carbons (Fsp3) is 0. The van der Waals surface area contributed by atoms with Crippen LogP contribution < -0.4 is 4.72 Å². The lowest BCUT2D eigenvalue weighted by atomic mass is 10.2. The van der Waals surface area contributed by atoms with Gasteiger partial charge in [0.05, 0.1) is 5.56 Å². The summed E-state index contributed by atoms with van der Waals surface area (Å²) in [7, 11) is -4.45. The summed E-state index contributed by atoms with van der Waals surface area (Å²) in [5.41, 5.74) is -0.893. The second-order valence-corrected chi connectivity index (χ2v) is 4.88. The first kappa shape index (κ1) is 13.2. The van der Waals surface area contributed by atoms with Gasteiger partial charge in [0.15, 0.2) is 12.0 Å². The van der Waals surface area contributed by atoms with Crippen molar-refractivity contribution in [3.8, 4) is 6.19 Å². The van der Waals surface area contributed by atoms with Gasteiger partial charge < -0.3 is 5.11 Å². The molecule has 0 aromatic heterocycles. The highest BCUT2D eigenvalue weighted by atomic mass is 35.5. The van der Waals surface area contributed by atoms with Crippen molar-refractivity contribution in [3.63, 3.8) is 0 Å². The Morgan fingerprint density at radius 1 is 1.53 bits per heavy atom. The average Bonchev–Trinajstić information content (AvgIpc) is 2.20. The number of carbonyl (C=O) groups is 1. The Hall–Kier alpha value is -1.85. The second-order valence-electron chi connectivity index (χ2n) is 2.79. The van der Waals surface area contributed by atoms with Crippen LogP contribution in [0.4, 0.5) is 4.39 Å². The third-order valence-electron chi connectivity index (χ3n) is 1.70. The highest BCUT2D eigenvalue weighted by Gasteiger charge is 2.24. The average molecular weight is 279 g/mol. The highest BCUT2D eigenvalue weighted by Crippen LogP contribution is 2.23. The zero-order valence-corrected chi connectivity index (χ0v) is 9.51. The maximum atomic E-state index is 13.6. The number of sulfonamides is 1. The molecule has 0 saturated carbocycles. The third kappa shape index (κ3) is 2.64. The van der Waals surface area contributed by atoms with Crippen molar-refractivity contribution >= 4 is 27.6 Å². The first-order valence-corrected chi connectivity index (χ1v) is 5.79. The Bertz CT molecular complexity index is 623. The predicted molar refractivity (Wildman–Crippen MR) is 54.3 cm³/mol. The van der Waals surface area contributed by atoms with Gasteiger partial charge in [0.25, 0.3) is 10.0 Å². The van der Waals surface area contributed by atoms with Crippen molar-refractivity contribution in [2.45, 2.75) is 4.90 Å². The molecule has 0 fully saturated rings. The fourth-order valence-electron chi connectivity index (χ4n) is 1.03. The standard InChI is InChI=1S/C8H4ClFN2O4S/c9-4-1-5(8(13)14)7(10)6(2-4)17(15,16)12-3-11/h1-2,12H,(H,13,14). The monoisotopic (exact) mass is 278 g/mol. The lowest BCUT2D eigenvalue weighted by Crippen LogP contribution is -2.20. The van der Waals surface area contributed by atoms with Crippen LogP contribution in [0, 0.1) is 17.3 Å². The van der Waals surface area contributed by atoms with E-state index in [1.165, 1.54) is 4.72 Å². The first-order valence-electron chi connectivity index (χ1n) is 3.93. The molecular weight excluding hydrogens is 275 g/mol. The van der Waals surface area contributed by atoms with Gasteiger partial charge in [-0.1, -0.05) is 11.6 Å². The molecule has 0 saturated heterocycles. The molecule has 1 aromatic carbocycles. The Morgan fingerprint density at radius 2 is 2.12 bits per heavy atom. The van der Waals surface area contributed by atoms with Gasteiger partial charge in [-0.2, -0.15) is 5.26 Å². The maximum absolute atomic E-state index is 13.6. The molecule has 0 aliphatic rings. The van der Waals surface area contributed by atoms with Gasteiger partial charge >= 0.3 is 5.97 Å². The minimum absolute atomic E-state index is 0.276. The predicted octanol–water partition coefficient (Wildman–Crippen LogP) is 0.937. The van der Waals surface area contributed by atoms with Gasteiger partial charge in [0, 0.05) is 5.02 Å². The molecule has 0 radical (unpaired) electrons. The van der Waals surface area contributed by atoms with Gasteiger partial charge in [0.1, 0.15) is 4.90 Å². The molecule has 2 N–H and O–H groups in total. The van der Waals surface area contributed by atoms with Crippen LogP contribution >= 0.6 is 11.6 Å². The van der Waals surface area contributed by atoms with Crippen LogP contribution in [0.2, 0.25) is 5.02 Å². The van der Waals surface area contributed by atoms with E-state index in [1.54, 1.807) is 0 Å². The van der Waals surface area contributed by atoms with Gasteiger partial charge in [-0.25, -0.2) is 22.3 Å². The maximum Gasteiger partial charge on any atom is 0.338 e. The zero-order valence-electron chi connectivity index (χ0n) is 7.94. The molecule has 0 aliphatic heterocycles. The topological polar surface area (TPSA) is 107 Å². The molecule has 0 bridgehead atoms. The van der Waals surface area contributed by atoms with Gasteiger partial charge in [0.2, 0.25) is 0 Å². The van der Waals surface area contributed by atoms with E-state index in [1.807, 2.05) is 0 Å². The summed E-state index contributed by atoms with van der Waals surface area (Å²) in [6, 6.07) is 1.48. The van der Waals surface area contributed by atoms with Crippen molar-refractivity contribution in [3.05, 3.63) is 28.5 Å². The molecule has 0 aliphatic carbocycles. The Kier molecular flexibility index (Phi) is 3.55. The van der Waals surface area contributed by atoms with Crippen LogP contribution in [0.25, 0.3) is 0 Å². The number of rotatable bonds is 3. The number of hydrogen-bond donors (Lipinski definition) is 2. The summed E-state index contributed by atoms with van der Waals surface area (Å²) in [6.07, 6.45) is 1.11. The molecular formula is C8H4ClFN2O4S. The molecule has 17 heavy (non-hydrogen) atoms. The Labute approximate surface area is 100 Å². The number of carboxylic acids is 1. The minimum atomic E-state index is -4.45. The zero-order chi connectivity index (χ0) is 13.2. The second kappa shape index (κ2) is 4.57. The van der Waals surface area contributed by atoms with E-state index in [0.717, 1.165) is 12.3 Å². The van der Waals surface area contributed by atoms with E-state index < -0.39 is 32.3 Å². The van der Waals surface area contributed by atoms with Crippen LogP contribution in [0.15, 0.2) is 17.0 Å². The van der Waals surface area contributed by atoms with Crippen molar-refractivity contribution in [2.75, 3.05) is 0 Å². The summed E-state index contributed by atoms with van der Waals surface area (Å²) < 4.78 is 37.6. The number of hydrogen-bond acceptors (Lipinski definition) is 4. The van der Waals surface area contributed by atoms with E-state index in [2.05, 4.69) is 0 Å². The van der Waals surface area contributed by atoms with Crippen molar-refractivity contribution in [1.29, 1.82) is 5.26 Å². The smallest absolute Gasteiger partial charge is 0.338 e. The summed E-state index contributed by atoms with van der Waals surface area (Å²) in [6.45, 7) is 0. The summed E-state index contributed by atoms with van der Waals surface area (Å²) in [5.74, 6) is -3.15. The molecule has 1 aromatic rings. The largest absolute Gasteiger partial charge is 0.478 e. The van der Waals surface area contributed by atoms with Crippen LogP contribution in [0.3, 0.4) is 0 Å². The quantitative estimate of drug-likeness (QED) is 0.632. The van der Waals surface area contributed by atoms with Crippen molar-refractivity contribution in [2.24, 2.45) is 0 Å². The third-order valence-corrected chi connectivity index (χ3v) is 3.16. The molecule has 0 atom stereocenters. The molecule has 1 rings (SSSR count). The number of carboxylic acid groups (broad SMARTS) is 1. The number of aromatic carboxylic acids is 1. The van der Waals surface area contributed by atoms with Crippen molar-refractivity contribution < 1.29 is 22.7 Å². The van der Waals surface area contributed by atoms with Crippen LogP contribution in [0.1, 0.15) is 10.4 Å². The SMILES string of the molecule is N#CNS(=O)(=O)c1cc(Cl)cc(C(=O)O)c1F. The summed E-state index contributed by atoms with van der Waals surface area (Å²) in [5, 5.41) is 16.5. The molecule has 0 unspecified atom stereocenters. The number of nitrogens with zero attached hydrogens (tertiary/aromatic N) is 1. The first-order chi connectivity index (χ1) is 7.79. The molecule has 0 spiro atoms. The fourth-order valence-corrected chi connectivity index (χ4v) is 2.17. The minimum Gasteiger partial charge on any atom is -0.478 e. The van der Waals surface area contributed by atoms with E-state index in [-0.39, 0.29) is 5.02 Å². The van der Waals surface area contributed by atoms with Gasteiger partial charge in [-0.05, 0) is 12.1 Å². The lowest BCUT2D eigenvalue weighted by molar-refractivity contribution is 0.0691. The summed E-state index contributed by atoms with van der Waals surface area (Å²) >= 11 is 5.47. The molecule has 90 valence electrons. The number of benzene rings is 1. The van der Waals surface area contributed by atoms with E-state index in [0.29, 0.717) is 6.07 Å². The van der Waals surface area contributed by atoms with E-state index in [9.17, 15) is 17.6 Å². The van der Waals surface area contributed by atoms with E-state index in [4.69, 9.17) is 22.0 Å². The number of nitriles is 1. The van der Waals surface area contributed by atoms with Gasteiger partial charge in [-0.15, -0.1) is 0 Å². The molecule has 6 nitrogen and oxygen atoms in total. The van der Waals surface area contributed by atoms with Crippen LogP contribution in [0.5, 0.6) is 0 Å². The molecule has 9 heteroatoms. The van der Waals surface area contributed by atoms with Crippen LogP contribution in [-0.4, -0.2) is 19.5 Å². The normalized spacial score (nSPS) is 10.6. The lowest BCUT2D eigenvalue weighted by Gasteiger charge is -2.06. The number of nitrogens with one attached hydrogen (secondary N) is 1. The van der Waals surface area contributed by atoms with Gasteiger partial charge in [-0.3, -0.25) is 0 Å². The van der Waals surface area contributed by atoms with Crippen molar-refractivity contribution in [1.82, 2.24) is 4.72 Å². The highest BCUT2D eigenvalue weighted by molar-refractivity contribution is 7.89. The molecule has 0 heterocycles. The molecule has 0 amide bonds. The Balaban J connectivity index is 3.57. The van der Waals surface area contributed by atoms with Crippen LogP contribution in [-0.2, 0) is 10.0 Å². The summed E-state index contributed by atoms with van der Waals surface area (Å²) in [4.78, 5) is 9.64. The number of halogens is 2. The Morgan fingerprint density at radius 3 is 2.59 bits per heavy atom. The van der Waals surface area contributed by atoms with E-state index >= 15 is 0 Å².